The van der Waals surface area contributed by atoms with Crippen molar-refractivity contribution >= 4 is 29.2 Å². The molecule has 1 aliphatic rings. The molecule has 0 unspecified atom stereocenters. The third-order valence-electron chi connectivity index (χ3n) is 4.23. The Hall–Kier alpha value is -2.53. The summed E-state index contributed by atoms with van der Waals surface area (Å²) in [5, 5.41) is 3.35. The van der Waals surface area contributed by atoms with Crippen LogP contribution in [0.5, 0.6) is 0 Å². The Morgan fingerprint density at radius 2 is 1.64 bits per heavy atom. The molecule has 1 heterocycles. The lowest BCUT2D eigenvalue weighted by molar-refractivity contribution is 0.0672. The average molecular weight is 358 g/mol. The zero-order chi connectivity index (χ0) is 17.8. The Balaban J connectivity index is 1.57. The minimum Gasteiger partial charge on any atom is -0.335 e. The minimum absolute atomic E-state index is 0.0932. The van der Waals surface area contributed by atoms with E-state index >= 15 is 0 Å². The second kappa shape index (κ2) is 7.57. The molecule has 0 radical (unpaired) electrons. The van der Waals surface area contributed by atoms with E-state index in [0.29, 0.717) is 36.8 Å². The lowest BCUT2D eigenvalue weighted by Crippen LogP contribution is -2.51. The zero-order valence-electron chi connectivity index (χ0n) is 14.0. The highest BCUT2D eigenvalue weighted by atomic mass is 35.5. The number of nitrogens with one attached hydrogen (secondary N) is 1. The van der Waals surface area contributed by atoms with Crippen LogP contribution >= 0.6 is 11.6 Å². The standard InChI is InChI=1S/C19H20ClN3O2/c1-14-5-4-6-15(13-14)21-19(25)23-11-9-22(10-12-23)18(24)16-7-2-3-8-17(16)20/h2-8,13H,9-12H2,1H3,(H,21,25). The summed E-state index contributed by atoms with van der Waals surface area (Å²) in [4.78, 5) is 28.4. The fourth-order valence-electron chi connectivity index (χ4n) is 2.84. The number of hydrogen-bond acceptors (Lipinski definition) is 2. The van der Waals surface area contributed by atoms with Gasteiger partial charge in [-0.05, 0) is 36.8 Å². The van der Waals surface area contributed by atoms with Gasteiger partial charge in [-0.1, -0.05) is 35.9 Å². The van der Waals surface area contributed by atoms with E-state index in [-0.39, 0.29) is 11.9 Å². The number of aryl methyl sites for hydroxylation is 1. The molecule has 3 amide bonds. The Kier molecular flexibility index (Phi) is 5.24. The summed E-state index contributed by atoms with van der Waals surface area (Å²) in [5.74, 6) is -0.0932. The van der Waals surface area contributed by atoms with Gasteiger partial charge in [-0.25, -0.2) is 4.79 Å². The topological polar surface area (TPSA) is 52.7 Å². The molecule has 5 nitrogen and oxygen atoms in total. The maximum absolute atomic E-state index is 12.5. The molecular weight excluding hydrogens is 338 g/mol. The lowest BCUT2D eigenvalue weighted by Gasteiger charge is -2.34. The van der Waals surface area contributed by atoms with Crippen molar-refractivity contribution in [2.75, 3.05) is 31.5 Å². The summed E-state index contributed by atoms with van der Waals surface area (Å²) < 4.78 is 0. The van der Waals surface area contributed by atoms with Gasteiger partial charge in [0.05, 0.1) is 10.6 Å². The third-order valence-corrected chi connectivity index (χ3v) is 4.56. The van der Waals surface area contributed by atoms with Crippen LogP contribution in [0.4, 0.5) is 10.5 Å². The van der Waals surface area contributed by atoms with Crippen LogP contribution in [0, 0.1) is 6.92 Å². The van der Waals surface area contributed by atoms with Gasteiger partial charge < -0.3 is 15.1 Å². The quantitative estimate of drug-likeness (QED) is 0.892. The second-order valence-electron chi connectivity index (χ2n) is 6.06. The second-order valence-corrected chi connectivity index (χ2v) is 6.47. The summed E-state index contributed by atoms with van der Waals surface area (Å²) >= 11 is 6.10. The van der Waals surface area contributed by atoms with Gasteiger partial charge in [-0.15, -0.1) is 0 Å². The minimum atomic E-state index is -0.143. The van der Waals surface area contributed by atoms with Crippen molar-refractivity contribution in [1.29, 1.82) is 0 Å². The smallest absolute Gasteiger partial charge is 0.321 e. The number of carbonyl (C=O) groups is 2. The van der Waals surface area contributed by atoms with Crippen molar-refractivity contribution in [2.24, 2.45) is 0 Å². The molecule has 3 rings (SSSR count). The number of carbonyl (C=O) groups excluding carboxylic acids is 2. The van der Waals surface area contributed by atoms with Gasteiger partial charge in [0.25, 0.3) is 5.91 Å². The van der Waals surface area contributed by atoms with E-state index in [2.05, 4.69) is 5.32 Å². The summed E-state index contributed by atoms with van der Waals surface area (Å²) in [6.07, 6.45) is 0. The van der Waals surface area contributed by atoms with Crippen LogP contribution in [0.15, 0.2) is 48.5 Å². The van der Waals surface area contributed by atoms with Gasteiger partial charge in [0.15, 0.2) is 0 Å². The predicted octanol–water partition coefficient (Wildman–Crippen LogP) is 3.64. The number of nitrogens with zero attached hydrogens (tertiary/aromatic N) is 2. The van der Waals surface area contributed by atoms with E-state index < -0.39 is 0 Å². The zero-order valence-corrected chi connectivity index (χ0v) is 14.8. The molecule has 130 valence electrons. The highest BCUT2D eigenvalue weighted by Crippen LogP contribution is 2.18. The van der Waals surface area contributed by atoms with E-state index in [0.717, 1.165) is 11.3 Å². The van der Waals surface area contributed by atoms with Crippen molar-refractivity contribution < 1.29 is 9.59 Å². The average Bonchev–Trinajstić information content (AvgIpc) is 2.62. The normalized spacial score (nSPS) is 14.3. The number of benzene rings is 2. The molecule has 0 spiro atoms. The number of hydrogen-bond donors (Lipinski definition) is 1. The fraction of sp³-hybridized carbons (Fsp3) is 0.263. The number of amides is 3. The van der Waals surface area contributed by atoms with E-state index in [9.17, 15) is 9.59 Å². The van der Waals surface area contributed by atoms with Gasteiger partial charge in [0.1, 0.15) is 0 Å². The van der Waals surface area contributed by atoms with Gasteiger partial charge in [0, 0.05) is 31.9 Å². The first-order valence-corrected chi connectivity index (χ1v) is 8.59. The molecule has 0 saturated carbocycles. The number of urea groups is 1. The monoisotopic (exact) mass is 357 g/mol. The highest BCUT2D eigenvalue weighted by Gasteiger charge is 2.25. The van der Waals surface area contributed by atoms with Crippen LogP contribution in [0.3, 0.4) is 0 Å². The first-order valence-electron chi connectivity index (χ1n) is 8.21. The van der Waals surface area contributed by atoms with Crippen LogP contribution < -0.4 is 5.32 Å². The molecule has 0 aliphatic carbocycles. The maximum atomic E-state index is 12.5. The molecule has 1 aliphatic heterocycles. The Labute approximate surface area is 152 Å². The predicted molar refractivity (Wildman–Crippen MR) is 99.1 cm³/mol. The van der Waals surface area contributed by atoms with Crippen LogP contribution in [0.1, 0.15) is 15.9 Å². The van der Waals surface area contributed by atoms with Crippen molar-refractivity contribution in [1.82, 2.24) is 9.80 Å². The Morgan fingerprint density at radius 1 is 0.960 bits per heavy atom. The van der Waals surface area contributed by atoms with Crippen LogP contribution in [-0.4, -0.2) is 47.9 Å². The summed E-state index contributed by atoms with van der Waals surface area (Å²) in [6, 6.07) is 14.6. The fourth-order valence-corrected chi connectivity index (χ4v) is 3.06. The van der Waals surface area contributed by atoms with Crippen LogP contribution in [0.2, 0.25) is 5.02 Å². The number of halogens is 1. The van der Waals surface area contributed by atoms with Crippen LogP contribution in [0.25, 0.3) is 0 Å². The molecule has 1 saturated heterocycles. The van der Waals surface area contributed by atoms with Crippen molar-refractivity contribution in [3.63, 3.8) is 0 Å². The Bertz CT molecular complexity index is 786. The Morgan fingerprint density at radius 3 is 2.32 bits per heavy atom. The van der Waals surface area contributed by atoms with Crippen molar-refractivity contribution in [2.45, 2.75) is 6.92 Å². The maximum Gasteiger partial charge on any atom is 0.321 e. The molecule has 1 fully saturated rings. The molecular formula is C19H20ClN3O2. The summed E-state index contributed by atoms with van der Waals surface area (Å²) in [6.45, 7) is 3.95. The largest absolute Gasteiger partial charge is 0.335 e. The third kappa shape index (κ3) is 4.12. The SMILES string of the molecule is Cc1cccc(NC(=O)N2CCN(C(=O)c3ccccc3Cl)CC2)c1. The first-order chi connectivity index (χ1) is 12.0. The molecule has 1 N–H and O–H groups in total. The van der Waals surface area contributed by atoms with E-state index in [4.69, 9.17) is 11.6 Å². The molecule has 6 heteroatoms. The first kappa shape index (κ1) is 17.3. The van der Waals surface area contributed by atoms with Gasteiger partial charge in [-0.3, -0.25) is 4.79 Å². The van der Waals surface area contributed by atoms with Crippen LogP contribution in [-0.2, 0) is 0 Å². The molecule has 0 atom stereocenters. The highest BCUT2D eigenvalue weighted by molar-refractivity contribution is 6.33. The van der Waals surface area contributed by atoms with Gasteiger partial charge >= 0.3 is 6.03 Å². The van der Waals surface area contributed by atoms with E-state index in [1.807, 2.05) is 31.2 Å². The number of rotatable bonds is 2. The van der Waals surface area contributed by atoms with E-state index in [1.54, 1.807) is 34.1 Å². The number of piperazine rings is 1. The van der Waals surface area contributed by atoms with Gasteiger partial charge in [0.2, 0.25) is 0 Å². The molecule has 0 aromatic heterocycles. The van der Waals surface area contributed by atoms with Crippen molar-refractivity contribution in [3.8, 4) is 0 Å². The summed E-state index contributed by atoms with van der Waals surface area (Å²) in [7, 11) is 0. The molecule has 2 aromatic carbocycles. The molecule has 0 bridgehead atoms. The molecule has 25 heavy (non-hydrogen) atoms. The summed E-state index contributed by atoms with van der Waals surface area (Å²) in [5.41, 5.74) is 2.37. The van der Waals surface area contributed by atoms with Crippen molar-refractivity contribution in [3.05, 3.63) is 64.7 Å². The molecule has 2 aromatic rings. The number of anilines is 1. The van der Waals surface area contributed by atoms with E-state index in [1.165, 1.54) is 0 Å². The van der Waals surface area contributed by atoms with Gasteiger partial charge in [-0.2, -0.15) is 0 Å². The lowest BCUT2D eigenvalue weighted by atomic mass is 10.2.